The topological polar surface area (TPSA) is 51.0 Å². The number of thioether (sulfide) groups is 1. The van der Waals surface area contributed by atoms with E-state index in [0.29, 0.717) is 18.2 Å². The van der Waals surface area contributed by atoms with Gasteiger partial charge in [-0.1, -0.05) is 17.8 Å². The fourth-order valence-electron chi connectivity index (χ4n) is 2.11. The third-order valence-corrected chi connectivity index (χ3v) is 5.40. The van der Waals surface area contributed by atoms with E-state index in [1.165, 1.54) is 29.5 Å². The molecule has 2 aromatic rings. The van der Waals surface area contributed by atoms with Gasteiger partial charge in [0, 0.05) is 24.9 Å². The van der Waals surface area contributed by atoms with E-state index in [1.54, 1.807) is 16.2 Å². The molecule has 1 aliphatic carbocycles. The first-order valence-corrected chi connectivity index (χ1v) is 8.80. The van der Waals surface area contributed by atoms with Gasteiger partial charge in [0.25, 0.3) is 0 Å². The summed E-state index contributed by atoms with van der Waals surface area (Å²) in [6, 6.07) is 4.05. The Hall–Kier alpha value is -1.34. The van der Waals surface area contributed by atoms with Crippen LogP contribution in [0.2, 0.25) is 0 Å². The second-order valence-electron chi connectivity index (χ2n) is 5.29. The van der Waals surface area contributed by atoms with Crippen LogP contribution in [0.3, 0.4) is 0 Å². The molecule has 112 valence electrons. The highest BCUT2D eigenvalue weighted by Crippen LogP contribution is 2.39. The lowest BCUT2D eigenvalue weighted by Gasteiger charge is -2.15. The fraction of sp³-hybridized carbons (Fsp3) is 0.500. The van der Waals surface area contributed by atoms with E-state index in [0.717, 1.165) is 11.0 Å². The minimum atomic E-state index is 0.115. The van der Waals surface area contributed by atoms with Crippen molar-refractivity contribution in [3.05, 3.63) is 28.2 Å². The maximum absolute atomic E-state index is 12.2. The predicted octanol–water partition coefficient (Wildman–Crippen LogP) is 2.50. The van der Waals surface area contributed by atoms with Crippen LogP contribution in [0, 0.1) is 0 Å². The highest BCUT2D eigenvalue weighted by Gasteiger charge is 2.29. The van der Waals surface area contributed by atoms with Crippen molar-refractivity contribution in [2.24, 2.45) is 7.05 Å². The zero-order chi connectivity index (χ0) is 14.8. The Bertz CT molecular complexity index is 619. The van der Waals surface area contributed by atoms with Crippen molar-refractivity contribution in [2.45, 2.75) is 30.5 Å². The van der Waals surface area contributed by atoms with Crippen LogP contribution in [0.25, 0.3) is 0 Å². The second-order valence-corrected chi connectivity index (χ2v) is 7.27. The Morgan fingerprint density at radius 2 is 2.33 bits per heavy atom. The van der Waals surface area contributed by atoms with Crippen molar-refractivity contribution in [1.29, 1.82) is 0 Å². The first-order chi connectivity index (χ1) is 10.1. The zero-order valence-electron chi connectivity index (χ0n) is 12.2. The van der Waals surface area contributed by atoms with Crippen LogP contribution >= 0.6 is 23.1 Å². The predicted molar refractivity (Wildman–Crippen MR) is 84.5 cm³/mol. The zero-order valence-corrected chi connectivity index (χ0v) is 13.8. The molecule has 0 aromatic carbocycles. The van der Waals surface area contributed by atoms with Crippen molar-refractivity contribution in [1.82, 2.24) is 19.7 Å². The van der Waals surface area contributed by atoms with Gasteiger partial charge >= 0.3 is 0 Å². The van der Waals surface area contributed by atoms with Crippen molar-refractivity contribution in [3.63, 3.8) is 0 Å². The van der Waals surface area contributed by atoms with E-state index in [1.807, 2.05) is 36.2 Å². The molecule has 2 aromatic heterocycles. The van der Waals surface area contributed by atoms with Crippen LogP contribution in [-0.4, -0.2) is 38.4 Å². The number of hydrogen-bond donors (Lipinski definition) is 0. The Labute approximate surface area is 132 Å². The quantitative estimate of drug-likeness (QED) is 0.767. The molecule has 0 atom stereocenters. The number of carbonyl (C=O) groups excluding carboxylic acids is 1. The van der Waals surface area contributed by atoms with Crippen molar-refractivity contribution < 1.29 is 4.79 Å². The molecule has 1 amide bonds. The van der Waals surface area contributed by atoms with Gasteiger partial charge in [-0.3, -0.25) is 4.79 Å². The Balaban J connectivity index is 1.53. The van der Waals surface area contributed by atoms with Crippen LogP contribution in [0.5, 0.6) is 0 Å². The highest BCUT2D eigenvalue weighted by molar-refractivity contribution is 7.99. The average Bonchev–Trinajstić information content (AvgIpc) is 3.06. The van der Waals surface area contributed by atoms with Crippen molar-refractivity contribution >= 4 is 29.0 Å². The second kappa shape index (κ2) is 6.19. The number of aromatic nitrogens is 3. The van der Waals surface area contributed by atoms with Gasteiger partial charge < -0.3 is 9.47 Å². The summed E-state index contributed by atoms with van der Waals surface area (Å²) in [7, 11) is 3.82. The first-order valence-electron chi connectivity index (χ1n) is 6.93. The number of amides is 1. The standard InChI is InChI=1S/C14H18N4OS2/c1-17(8-11-4-3-7-20-11)12(19)9-21-14-16-15-13(18(14)2)10-5-6-10/h3-4,7,10H,5-6,8-9H2,1-2H3. The molecular weight excluding hydrogens is 304 g/mol. The largest absolute Gasteiger partial charge is 0.340 e. The molecule has 1 fully saturated rings. The number of carbonyl (C=O) groups is 1. The van der Waals surface area contributed by atoms with Gasteiger partial charge in [-0.15, -0.1) is 21.5 Å². The molecule has 7 heteroatoms. The van der Waals surface area contributed by atoms with Gasteiger partial charge in [0.2, 0.25) is 5.91 Å². The Morgan fingerprint density at radius 1 is 1.52 bits per heavy atom. The van der Waals surface area contributed by atoms with E-state index in [9.17, 15) is 4.79 Å². The number of hydrogen-bond acceptors (Lipinski definition) is 5. The smallest absolute Gasteiger partial charge is 0.233 e. The van der Waals surface area contributed by atoms with Gasteiger partial charge in [0.1, 0.15) is 5.82 Å². The molecule has 1 saturated carbocycles. The summed E-state index contributed by atoms with van der Waals surface area (Å²) in [6.07, 6.45) is 2.41. The summed E-state index contributed by atoms with van der Waals surface area (Å²) in [5.41, 5.74) is 0. The summed E-state index contributed by atoms with van der Waals surface area (Å²) < 4.78 is 2.02. The number of thiophene rings is 1. The van der Waals surface area contributed by atoms with Gasteiger partial charge in [0.15, 0.2) is 5.16 Å². The van der Waals surface area contributed by atoms with Crippen LogP contribution < -0.4 is 0 Å². The molecule has 2 heterocycles. The van der Waals surface area contributed by atoms with E-state index >= 15 is 0 Å². The monoisotopic (exact) mass is 322 g/mol. The molecular formula is C14H18N4OS2. The maximum Gasteiger partial charge on any atom is 0.233 e. The van der Waals surface area contributed by atoms with Gasteiger partial charge in [-0.2, -0.15) is 0 Å². The molecule has 0 spiro atoms. The van der Waals surface area contributed by atoms with Crippen LogP contribution in [0.4, 0.5) is 0 Å². The fourth-order valence-corrected chi connectivity index (χ4v) is 3.73. The molecule has 0 aliphatic heterocycles. The lowest BCUT2D eigenvalue weighted by Crippen LogP contribution is -2.27. The van der Waals surface area contributed by atoms with Gasteiger partial charge in [-0.05, 0) is 24.3 Å². The summed E-state index contributed by atoms with van der Waals surface area (Å²) in [5.74, 6) is 2.15. The SMILES string of the molecule is CN(Cc1cccs1)C(=O)CSc1nnc(C2CC2)n1C. The molecule has 0 N–H and O–H groups in total. The summed E-state index contributed by atoms with van der Waals surface area (Å²) >= 11 is 3.14. The molecule has 1 aliphatic rings. The van der Waals surface area contributed by atoms with E-state index in [4.69, 9.17) is 0 Å². The van der Waals surface area contributed by atoms with E-state index < -0.39 is 0 Å². The molecule has 0 radical (unpaired) electrons. The lowest BCUT2D eigenvalue weighted by molar-refractivity contribution is -0.127. The molecule has 3 rings (SSSR count). The third kappa shape index (κ3) is 3.47. The number of nitrogens with zero attached hydrogens (tertiary/aromatic N) is 4. The third-order valence-electron chi connectivity index (χ3n) is 3.53. The highest BCUT2D eigenvalue weighted by atomic mass is 32.2. The van der Waals surface area contributed by atoms with Crippen molar-refractivity contribution in [2.75, 3.05) is 12.8 Å². The Kier molecular flexibility index (Phi) is 4.30. The first kappa shape index (κ1) is 14.6. The van der Waals surface area contributed by atoms with Gasteiger partial charge in [-0.25, -0.2) is 0 Å². The molecule has 0 saturated heterocycles. The maximum atomic E-state index is 12.2. The van der Waals surface area contributed by atoms with Crippen LogP contribution in [-0.2, 0) is 18.4 Å². The normalized spacial score (nSPS) is 14.4. The van der Waals surface area contributed by atoms with E-state index in [2.05, 4.69) is 10.2 Å². The summed E-state index contributed by atoms with van der Waals surface area (Å²) in [4.78, 5) is 15.1. The average molecular weight is 322 g/mol. The summed E-state index contributed by atoms with van der Waals surface area (Å²) in [5, 5.41) is 11.3. The molecule has 5 nitrogen and oxygen atoms in total. The lowest BCUT2D eigenvalue weighted by atomic mass is 10.4. The van der Waals surface area contributed by atoms with Crippen LogP contribution in [0.1, 0.15) is 29.5 Å². The van der Waals surface area contributed by atoms with Crippen molar-refractivity contribution in [3.8, 4) is 0 Å². The number of rotatable bonds is 6. The van der Waals surface area contributed by atoms with Crippen LogP contribution in [0.15, 0.2) is 22.7 Å². The molecule has 21 heavy (non-hydrogen) atoms. The minimum absolute atomic E-state index is 0.115. The Morgan fingerprint density at radius 3 is 3.00 bits per heavy atom. The molecule has 0 unspecified atom stereocenters. The van der Waals surface area contributed by atoms with Gasteiger partial charge in [0.05, 0.1) is 12.3 Å². The minimum Gasteiger partial charge on any atom is -0.340 e. The van der Waals surface area contributed by atoms with E-state index in [-0.39, 0.29) is 5.91 Å². The summed E-state index contributed by atoms with van der Waals surface area (Å²) in [6.45, 7) is 0.670. The molecule has 0 bridgehead atoms.